The molecule has 0 aliphatic carbocycles. The van der Waals surface area contributed by atoms with E-state index in [1.807, 2.05) is 31.2 Å². The van der Waals surface area contributed by atoms with Crippen molar-refractivity contribution in [2.24, 2.45) is 0 Å². The average Bonchev–Trinajstić information content (AvgIpc) is 2.65. The fourth-order valence-electron chi connectivity index (χ4n) is 2.14. The molecule has 0 spiro atoms. The van der Waals surface area contributed by atoms with Gasteiger partial charge in [0.05, 0.1) is 11.5 Å². The number of hydrogen-bond acceptors (Lipinski definition) is 4. The lowest BCUT2D eigenvalue weighted by Crippen LogP contribution is -2.27. The number of amides is 2. The number of hydrogen-bond donors (Lipinski definition) is 2. The maximum atomic E-state index is 12.8. The molecule has 0 atom stereocenters. The molecule has 7 heteroatoms. The highest BCUT2D eigenvalue weighted by atomic mass is 32.2. The Balaban J connectivity index is 1.51. The number of rotatable bonds is 10. The van der Waals surface area contributed by atoms with Crippen molar-refractivity contribution >= 4 is 41.0 Å². The number of carbonyl (C=O) groups excluding carboxylic acids is 2. The van der Waals surface area contributed by atoms with Crippen molar-refractivity contribution in [3.05, 3.63) is 59.9 Å². The Labute approximate surface area is 167 Å². The zero-order valence-corrected chi connectivity index (χ0v) is 16.8. The number of thioether (sulfide) groups is 2. The van der Waals surface area contributed by atoms with Crippen LogP contribution in [0.5, 0.6) is 0 Å². The summed E-state index contributed by atoms with van der Waals surface area (Å²) in [4.78, 5) is 24.6. The second kappa shape index (κ2) is 11.7. The Bertz CT molecular complexity index is 737. The van der Waals surface area contributed by atoms with E-state index in [0.717, 1.165) is 28.3 Å². The predicted octanol–water partition coefficient (Wildman–Crippen LogP) is 4.10. The van der Waals surface area contributed by atoms with Gasteiger partial charge in [-0.05, 0) is 55.5 Å². The largest absolute Gasteiger partial charge is 0.355 e. The molecule has 0 bridgehead atoms. The summed E-state index contributed by atoms with van der Waals surface area (Å²) in [5.74, 6) is 0.908. The fourth-order valence-corrected chi connectivity index (χ4v) is 3.64. The molecule has 0 aliphatic rings. The van der Waals surface area contributed by atoms with Crippen LogP contribution in [0.1, 0.15) is 12.0 Å². The first-order valence-corrected chi connectivity index (χ1v) is 10.8. The highest BCUT2D eigenvalue weighted by molar-refractivity contribution is 8.00. The third-order valence-corrected chi connectivity index (χ3v) is 5.56. The van der Waals surface area contributed by atoms with Crippen LogP contribution in [0.4, 0.5) is 10.1 Å². The molecule has 0 radical (unpaired) electrons. The van der Waals surface area contributed by atoms with E-state index >= 15 is 0 Å². The molecule has 2 aromatic rings. The molecule has 144 valence electrons. The zero-order chi connectivity index (χ0) is 19.5. The molecule has 0 unspecified atom stereocenters. The van der Waals surface area contributed by atoms with Gasteiger partial charge in [-0.15, -0.1) is 23.5 Å². The monoisotopic (exact) mass is 406 g/mol. The topological polar surface area (TPSA) is 58.2 Å². The van der Waals surface area contributed by atoms with Crippen molar-refractivity contribution in [2.45, 2.75) is 18.2 Å². The number of benzene rings is 2. The Hall–Kier alpha value is -1.99. The molecule has 4 nitrogen and oxygen atoms in total. The van der Waals surface area contributed by atoms with Gasteiger partial charge in [-0.2, -0.15) is 0 Å². The molecule has 2 N–H and O–H groups in total. The number of carbonyl (C=O) groups is 2. The highest BCUT2D eigenvalue weighted by Crippen LogP contribution is 2.18. The molecule has 2 aromatic carbocycles. The van der Waals surface area contributed by atoms with Gasteiger partial charge in [0.25, 0.3) is 0 Å². The molecule has 0 saturated heterocycles. The van der Waals surface area contributed by atoms with Gasteiger partial charge < -0.3 is 10.6 Å². The van der Waals surface area contributed by atoms with Crippen LogP contribution in [0, 0.1) is 12.7 Å². The van der Waals surface area contributed by atoms with Gasteiger partial charge in [0.1, 0.15) is 5.82 Å². The molecular weight excluding hydrogens is 383 g/mol. The van der Waals surface area contributed by atoms with Crippen LogP contribution >= 0.6 is 23.5 Å². The van der Waals surface area contributed by atoms with Crippen LogP contribution in [0.15, 0.2) is 53.4 Å². The minimum Gasteiger partial charge on any atom is -0.355 e. The Morgan fingerprint density at radius 1 is 0.963 bits per heavy atom. The number of anilines is 1. The van der Waals surface area contributed by atoms with E-state index in [1.54, 1.807) is 23.9 Å². The molecule has 0 aromatic heterocycles. The summed E-state index contributed by atoms with van der Waals surface area (Å²) < 4.78 is 12.8. The minimum atomic E-state index is -0.239. The summed E-state index contributed by atoms with van der Waals surface area (Å²) in [6, 6.07) is 14.0. The first kappa shape index (κ1) is 21.3. The van der Waals surface area contributed by atoms with Gasteiger partial charge in [0, 0.05) is 17.1 Å². The Kier molecular flexibility index (Phi) is 9.21. The second-order valence-corrected chi connectivity index (χ2v) is 8.07. The van der Waals surface area contributed by atoms with E-state index in [2.05, 4.69) is 10.6 Å². The van der Waals surface area contributed by atoms with Crippen LogP contribution in [-0.2, 0) is 9.59 Å². The first-order valence-electron chi connectivity index (χ1n) is 8.62. The van der Waals surface area contributed by atoms with Crippen LogP contribution < -0.4 is 10.6 Å². The third kappa shape index (κ3) is 8.97. The Morgan fingerprint density at radius 3 is 2.33 bits per heavy atom. The van der Waals surface area contributed by atoms with E-state index in [-0.39, 0.29) is 29.1 Å². The number of nitrogens with one attached hydrogen (secondary N) is 2. The van der Waals surface area contributed by atoms with Gasteiger partial charge >= 0.3 is 0 Å². The summed E-state index contributed by atoms with van der Waals surface area (Å²) in [5, 5.41) is 5.65. The minimum absolute atomic E-state index is 0.0741. The summed E-state index contributed by atoms with van der Waals surface area (Å²) in [7, 11) is 0. The smallest absolute Gasteiger partial charge is 0.234 e. The van der Waals surface area contributed by atoms with Gasteiger partial charge in [-0.3, -0.25) is 9.59 Å². The zero-order valence-electron chi connectivity index (χ0n) is 15.2. The maximum Gasteiger partial charge on any atom is 0.234 e. The second-order valence-electron chi connectivity index (χ2n) is 5.91. The standard InChI is InChI=1S/C20H23FN2O2S2/c1-15-3-7-17(8-4-15)23-20(25)14-26-13-19(24)22-11-2-12-27-18-9-5-16(21)6-10-18/h3-10H,2,11-14H2,1H3,(H,22,24)(H,23,25). The summed E-state index contributed by atoms with van der Waals surface area (Å²) in [6.07, 6.45) is 0.826. The van der Waals surface area contributed by atoms with Crippen LogP contribution in [0.3, 0.4) is 0 Å². The lowest BCUT2D eigenvalue weighted by Gasteiger charge is -2.07. The summed E-state index contributed by atoms with van der Waals surface area (Å²) in [6.45, 7) is 2.57. The molecule has 0 saturated carbocycles. The van der Waals surface area contributed by atoms with Crippen molar-refractivity contribution in [3.8, 4) is 0 Å². The number of halogens is 1. The van der Waals surface area contributed by atoms with Crippen LogP contribution in [0.25, 0.3) is 0 Å². The normalized spacial score (nSPS) is 10.4. The Morgan fingerprint density at radius 2 is 1.63 bits per heavy atom. The van der Waals surface area contributed by atoms with Crippen molar-refractivity contribution < 1.29 is 14.0 Å². The van der Waals surface area contributed by atoms with Gasteiger partial charge in [-0.1, -0.05) is 17.7 Å². The van der Waals surface area contributed by atoms with Crippen LogP contribution in [-0.4, -0.2) is 35.6 Å². The molecule has 2 rings (SSSR count). The van der Waals surface area contributed by atoms with E-state index in [9.17, 15) is 14.0 Å². The van der Waals surface area contributed by atoms with Crippen molar-refractivity contribution in [1.82, 2.24) is 5.32 Å². The summed E-state index contributed by atoms with van der Waals surface area (Å²) in [5.41, 5.74) is 1.89. The van der Waals surface area contributed by atoms with E-state index in [4.69, 9.17) is 0 Å². The molecule has 0 heterocycles. The average molecular weight is 407 g/mol. The fraction of sp³-hybridized carbons (Fsp3) is 0.300. The first-order chi connectivity index (χ1) is 13.0. The predicted molar refractivity (Wildman–Crippen MR) is 112 cm³/mol. The molecule has 0 fully saturated rings. The molecular formula is C20H23FN2O2S2. The third-order valence-electron chi connectivity index (χ3n) is 3.53. The lowest BCUT2D eigenvalue weighted by atomic mass is 10.2. The lowest BCUT2D eigenvalue weighted by molar-refractivity contribution is -0.118. The molecule has 27 heavy (non-hydrogen) atoms. The van der Waals surface area contributed by atoms with Crippen molar-refractivity contribution in [3.63, 3.8) is 0 Å². The summed E-state index contributed by atoms with van der Waals surface area (Å²) >= 11 is 2.92. The van der Waals surface area contributed by atoms with Gasteiger partial charge in [0.15, 0.2) is 0 Å². The van der Waals surface area contributed by atoms with Crippen molar-refractivity contribution in [1.29, 1.82) is 0 Å². The quantitative estimate of drug-likeness (QED) is 0.461. The van der Waals surface area contributed by atoms with Crippen molar-refractivity contribution in [2.75, 3.05) is 29.1 Å². The SMILES string of the molecule is Cc1ccc(NC(=O)CSCC(=O)NCCCSc2ccc(F)cc2)cc1. The number of aryl methyl sites for hydroxylation is 1. The van der Waals surface area contributed by atoms with Gasteiger partial charge in [0.2, 0.25) is 11.8 Å². The maximum absolute atomic E-state index is 12.8. The highest BCUT2D eigenvalue weighted by Gasteiger charge is 2.06. The van der Waals surface area contributed by atoms with E-state index < -0.39 is 0 Å². The van der Waals surface area contributed by atoms with Gasteiger partial charge in [-0.25, -0.2) is 4.39 Å². The van der Waals surface area contributed by atoms with Crippen LogP contribution in [0.2, 0.25) is 0 Å². The molecule has 2 amide bonds. The van der Waals surface area contributed by atoms with E-state index in [1.165, 1.54) is 23.9 Å². The van der Waals surface area contributed by atoms with E-state index in [0.29, 0.717) is 6.54 Å². The molecule has 0 aliphatic heterocycles.